The van der Waals surface area contributed by atoms with Gasteiger partial charge in [-0.25, -0.2) is 4.79 Å². The third-order valence-corrected chi connectivity index (χ3v) is 3.74. The van der Waals surface area contributed by atoms with Gasteiger partial charge in [0, 0.05) is 18.1 Å². The second-order valence-electron chi connectivity index (χ2n) is 5.77. The van der Waals surface area contributed by atoms with Crippen LogP contribution in [0.2, 0.25) is 0 Å². The van der Waals surface area contributed by atoms with Gasteiger partial charge in [-0.15, -0.1) is 0 Å². The number of benzene rings is 1. The third-order valence-electron chi connectivity index (χ3n) is 3.74. The summed E-state index contributed by atoms with van der Waals surface area (Å²) in [5, 5.41) is 12.8. The van der Waals surface area contributed by atoms with Crippen LogP contribution in [0.4, 0.5) is 4.79 Å². The molecule has 1 saturated heterocycles. The van der Waals surface area contributed by atoms with E-state index in [1.54, 1.807) is 4.90 Å². The van der Waals surface area contributed by atoms with Crippen LogP contribution in [0.1, 0.15) is 25.8 Å². The van der Waals surface area contributed by atoms with Crippen molar-refractivity contribution in [1.82, 2.24) is 10.2 Å². The maximum absolute atomic E-state index is 11.6. The molecule has 1 atom stereocenters. The molecule has 0 radical (unpaired) electrons. The van der Waals surface area contributed by atoms with Crippen LogP contribution in [0.15, 0.2) is 30.3 Å². The van der Waals surface area contributed by atoms with Gasteiger partial charge in [0.25, 0.3) is 0 Å². The van der Waals surface area contributed by atoms with Crippen molar-refractivity contribution < 1.29 is 9.90 Å². The molecular weight excluding hydrogens is 240 g/mol. The Morgan fingerprint density at radius 2 is 2.11 bits per heavy atom. The molecule has 104 valence electrons. The SMILES string of the molecule is CC(C)(Cc1ccccc1)N(C(=O)O)[C@@H]1CCNC1. The zero-order chi connectivity index (χ0) is 13.9. The number of nitrogens with one attached hydrogen (secondary N) is 1. The fraction of sp³-hybridized carbons (Fsp3) is 0.533. The van der Waals surface area contributed by atoms with E-state index in [9.17, 15) is 9.90 Å². The Balaban J connectivity index is 2.16. The summed E-state index contributed by atoms with van der Waals surface area (Å²) >= 11 is 0. The van der Waals surface area contributed by atoms with E-state index in [1.807, 2.05) is 32.0 Å². The Morgan fingerprint density at radius 1 is 1.42 bits per heavy atom. The van der Waals surface area contributed by atoms with Gasteiger partial charge < -0.3 is 10.4 Å². The predicted molar refractivity (Wildman–Crippen MR) is 75.4 cm³/mol. The number of nitrogens with zero attached hydrogens (tertiary/aromatic N) is 1. The second kappa shape index (κ2) is 5.61. The molecule has 1 aromatic rings. The third kappa shape index (κ3) is 3.26. The van der Waals surface area contributed by atoms with Gasteiger partial charge in [0.2, 0.25) is 0 Å². The molecule has 0 aromatic heterocycles. The molecule has 1 aliphatic heterocycles. The predicted octanol–water partition coefficient (Wildman–Crippen LogP) is 2.35. The van der Waals surface area contributed by atoms with E-state index >= 15 is 0 Å². The number of carbonyl (C=O) groups is 1. The normalized spacial score (nSPS) is 19.4. The average molecular weight is 262 g/mol. The zero-order valence-electron chi connectivity index (χ0n) is 11.6. The monoisotopic (exact) mass is 262 g/mol. The topological polar surface area (TPSA) is 52.6 Å². The summed E-state index contributed by atoms with van der Waals surface area (Å²) in [7, 11) is 0. The first kappa shape index (κ1) is 13.9. The molecule has 1 aromatic carbocycles. The summed E-state index contributed by atoms with van der Waals surface area (Å²) < 4.78 is 0. The van der Waals surface area contributed by atoms with Crippen LogP contribution >= 0.6 is 0 Å². The number of hydrogen-bond acceptors (Lipinski definition) is 2. The highest BCUT2D eigenvalue weighted by Gasteiger charge is 2.37. The van der Waals surface area contributed by atoms with Gasteiger partial charge in [0.05, 0.1) is 0 Å². The Labute approximate surface area is 114 Å². The molecule has 0 unspecified atom stereocenters. The van der Waals surface area contributed by atoms with E-state index in [4.69, 9.17) is 0 Å². The molecule has 4 nitrogen and oxygen atoms in total. The molecule has 1 amide bonds. The molecule has 1 fully saturated rings. The van der Waals surface area contributed by atoms with Crippen molar-refractivity contribution >= 4 is 6.09 Å². The summed E-state index contributed by atoms with van der Waals surface area (Å²) in [5.41, 5.74) is 0.772. The number of hydrogen-bond donors (Lipinski definition) is 2. The standard InChI is InChI=1S/C15H22N2O2/c1-15(2,10-12-6-4-3-5-7-12)17(14(18)19)13-8-9-16-11-13/h3-7,13,16H,8-11H2,1-2H3,(H,18,19)/t13-/m1/s1. The number of amides is 1. The molecule has 1 aliphatic rings. The van der Waals surface area contributed by atoms with Crippen LogP contribution < -0.4 is 5.32 Å². The molecule has 19 heavy (non-hydrogen) atoms. The van der Waals surface area contributed by atoms with Crippen LogP contribution in [0.5, 0.6) is 0 Å². The van der Waals surface area contributed by atoms with Gasteiger partial charge in [0.15, 0.2) is 0 Å². The molecule has 0 spiro atoms. The van der Waals surface area contributed by atoms with Gasteiger partial charge in [-0.3, -0.25) is 4.90 Å². The van der Waals surface area contributed by atoms with E-state index in [0.29, 0.717) is 0 Å². The Kier molecular flexibility index (Phi) is 4.10. The quantitative estimate of drug-likeness (QED) is 0.875. The minimum absolute atomic E-state index is 0.0798. The van der Waals surface area contributed by atoms with Crippen molar-refractivity contribution in [2.45, 2.75) is 38.3 Å². The first-order chi connectivity index (χ1) is 9.00. The maximum Gasteiger partial charge on any atom is 0.408 e. The number of rotatable bonds is 4. The zero-order valence-corrected chi connectivity index (χ0v) is 11.6. The van der Waals surface area contributed by atoms with Crippen LogP contribution in [0.25, 0.3) is 0 Å². The van der Waals surface area contributed by atoms with E-state index in [0.717, 1.165) is 25.9 Å². The van der Waals surface area contributed by atoms with Gasteiger partial charge in [0.1, 0.15) is 0 Å². The second-order valence-corrected chi connectivity index (χ2v) is 5.77. The van der Waals surface area contributed by atoms with Gasteiger partial charge in [-0.2, -0.15) is 0 Å². The van der Waals surface area contributed by atoms with Gasteiger partial charge in [-0.1, -0.05) is 30.3 Å². The molecule has 0 aliphatic carbocycles. The smallest absolute Gasteiger partial charge is 0.408 e. The van der Waals surface area contributed by atoms with Gasteiger partial charge in [-0.05, 0) is 38.8 Å². The highest BCUT2D eigenvalue weighted by Crippen LogP contribution is 2.25. The van der Waals surface area contributed by atoms with Crippen LogP contribution in [0.3, 0.4) is 0 Å². The van der Waals surface area contributed by atoms with Crippen LogP contribution in [-0.2, 0) is 6.42 Å². The van der Waals surface area contributed by atoms with Crippen molar-refractivity contribution in [1.29, 1.82) is 0 Å². The fourth-order valence-electron chi connectivity index (χ4n) is 2.95. The van der Waals surface area contributed by atoms with Gasteiger partial charge >= 0.3 is 6.09 Å². The summed E-state index contributed by atoms with van der Waals surface area (Å²) in [4.78, 5) is 13.2. The first-order valence-electron chi connectivity index (χ1n) is 6.77. The van der Waals surface area contributed by atoms with E-state index < -0.39 is 11.6 Å². The Bertz CT molecular complexity index is 425. The molecule has 1 heterocycles. The Hall–Kier alpha value is -1.55. The van der Waals surface area contributed by atoms with Crippen molar-refractivity contribution in [3.05, 3.63) is 35.9 Å². The lowest BCUT2D eigenvalue weighted by Crippen LogP contribution is -2.54. The maximum atomic E-state index is 11.6. The molecule has 0 bridgehead atoms. The molecule has 2 N–H and O–H groups in total. The largest absolute Gasteiger partial charge is 0.465 e. The minimum Gasteiger partial charge on any atom is -0.465 e. The Morgan fingerprint density at radius 3 is 2.63 bits per heavy atom. The molecular formula is C15H22N2O2. The lowest BCUT2D eigenvalue weighted by Gasteiger charge is -2.40. The number of carboxylic acid groups (broad SMARTS) is 1. The van der Waals surface area contributed by atoms with Crippen molar-refractivity contribution in [3.8, 4) is 0 Å². The van der Waals surface area contributed by atoms with Crippen molar-refractivity contribution in [2.75, 3.05) is 13.1 Å². The van der Waals surface area contributed by atoms with Crippen LogP contribution in [0, 0.1) is 0 Å². The average Bonchev–Trinajstić information content (AvgIpc) is 2.82. The molecule has 2 rings (SSSR count). The minimum atomic E-state index is -0.824. The highest BCUT2D eigenvalue weighted by atomic mass is 16.4. The summed E-state index contributed by atoms with van der Waals surface area (Å²) in [6.45, 7) is 5.67. The highest BCUT2D eigenvalue weighted by molar-refractivity contribution is 5.66. The molecule has 4 heteroatoms. The molecule has 0 saturated carbocycles. The summed E-state index contributed by atoms with van der Waals surface area (Å²) in [6.07, 6.45) is 0.802. The van der Waals surface area contributed by atoms with Crippen molar-refractivity contribution in [3.63, 3.8) is 0 Å². The lowest BCUT2D eigenvalue weighted by molar-refractivity contribution is 0.0671. The van der Waals surface area contributed by atoms with E-state index in [-0.39, 0.29) is 6.04 Å². The lowest BCUT2D eigenvalue weighted by atomic mass is 9.91. The fourth-order valence-corrected chi connectivity index (χ4v) is 2.95. The first-order valence-corrected chi connectivity index (χ1v) is 6.77. The summed E-state index contributed by atoms with van der Waals surface area (Å²) in [5.74, 6) is 0. The van der Waals surface area contributed by atoms with E-state index in [2.05, 4.69) is 17.4 Å². The summed E-state index contributed by atoms with van der Waals surface area (Å²) in [6, 6.07) is 10.1. The van der Waals surface area contributed by atoms with Crippen LogP contribution in [-0.4, -0.2) is 40.8 Å². The van der Waals surface area contributed by atoms with Crippen molar-refractivity contribution in [2.24, 2.45) is 0 Å². The van der Waals surface area contributed by atoms with E-state index in [1.165, 1.54) is 5.56 Å².